The first-order valence-electron chi connectivity index (χ1n) is 8.21. The van der Waals surface area contributed by atoms with E-state index in [1.807, 2.05) is 0 Å². The van der Waals surface area contributed by atoms with E-state index in [9.17, 15) is 79.4 Å². The van der Waals surface area contributed by atoms with Crippen LogP contribution in [0.25, 0.3) is 0 Å². The van der Waals surface area contributed by atoms with E-state index in [2.05, 4.69) is 11.3 Å². The predicted octanol–water partition coefficient (Wildman–Crippen LogP) is 6.12. The number of esters is 1. The topological polar surface area (TPSA) is 26.3 Å². The van der Waals surface area contributed by atoms with Crippen LogP contribution in [0.2, 0.25) is 0 Å². The molecule has 0 N–H and O–H groups in total. The lowest BCUT2D eigenvalue weighted by molar-refractivity contribution is -0.459. The Morgan fingerprint density at radius 2 is 1.03 bits per heavy atom. The minimum absolute atomic E-state index is 0.172. The minimum atomic E-state index is -8.70. The lowest BCUT2D eigenvalue weighted by Crippen LogP contribution is -2.74. The highest BCUT2D eigenvalue weighted by Crippen LogP contribution is 2.63. The van der Waals surface area contributed by atoms with E-state index in [-0.39, 0.29) is 5.92 Å². The molecule has 0 fully saturated rings. The monoisotopic (exact) mass is 566 g/mol. The van der Waals surface area contributed by atoms with Crippen molar-refractivity contribution in [1.29, 1.82) is 0 Å². The molecule has 0 aliphatic heterocycles. The first-order chi connectivity index (χ1) is 15.7. The van der Waals surface area contributed by atoms with Crippen LogP contribution in [0, 0.1) is 23.7 Å². The SMILES string of the molecule is C=CC(=O)OCCC#CC#CC(F)(F)C(F)(F)C(F)(F)C(F)(F)C(F)(F)C(F)(F)C(F)(F)C(F)(F)F. The molecule has 0 saturated carbocycles. The number of ether oxygens (including phenoxy) is 1. The molecule has 0 radical (unpaired) electrons. The van der Waals surface area contributed by atoms with Gasteiger partial charge in [-0.05, 0) is 17.8 Å². The Hall–Kier alpha value is -2.86. The van der Waals surface area contributed by atoms with E-state index in [0.717, 1.165) is 0 Å². The van der Waals surface area contributed by atoms with E-state index in [0.29, 0.717) is 12.0 Å². The van der Waals surface area contributed by atoms with Crippen molar-refractivity contribution < 1.29 is 84.2 Å². The van der Waals surface area contributed by atoms with Crippen LogP contribution >= 0.6 is 0 Å². The maximum atomic E-state index is 13.5. The Labute approximate surface area is 188 Å². The number of alkyl halides is 17. The summed E-state index contributed by atoms with van der Waals surface area (Å²) in [6.07, 6.45) is -7.75. The van der Waals surface area contributed by atoms with Gasteiger partial charge in [-0.3, -0.25) is 0 Å². The number of carbonyl (C=O) groups is 1. The van der Waals surface area contributed by atoms with Gasteiger partial charge < -0.3 is 4.74 Å². The summed E-state index contributed by atoms with van der Waals surface area (Å²) in [4.78, 5) is 10.6. The highest BCUT2D eigenvalue weighted by molar-refractivity contribution is 5.81. The molecule has 206 valence electrons. The van der Waals surface area contributed by atoms with Crippen LogP contribution in [0.5, 0.6) is 0 Å². The van der Waals surface area contributed by atoms with Crippen LogP contribution in [-0.4, -0.2) is 60.2 Å². The molecule has 0 aromatic rings. The highest BCUT2D eigenvalue weighted by atomic mass is 19.4. The summed E-state index contributed by atoms with van der Waals surface area (Å²) in [5.41, 5.74) is 0. The van der Waals surface area contributed by atoms with E-state index < -0.39 is 66.6 Å². The van der Waals surface area contributed by atoms with Crippen molar-refractivity contribution in [3.8, 4) is 23.7 Å². The molecule has 19 heteroatoms. The van der Waals surface area contributed by atoms with Gasteiger partial charge in [-0.15, -0.1) is 0 Å². The Bertz CT molecular complexity index is 954. The zero-order chi connectivity index (χ0) is 29.2. The maximum absolute atomic E-state index is 13.5. The fraction of sp³-hybridized carbons (Fsp3) is 0.588. The van der Waals surface area contributed by atoms with Crippen LogP contribution in [-0.2, 0) is 9.53 Å². The van der Waals surface area contributed by atoms with Crippen molar-refractivity contribution in [2.24, 2.45) is 0 Å². The second-order valence-corrected chi connectivity index (χ2v) is 6.19. The minimum Gasteiger partial charge on any atom is -0.462 e. The molecule has 0 aromatic carbocycles. The van der Waals surface area contributed by atoms with Crippen molar-refractivity contribution in [2.75, 3.05) is 6.61 Å². The van der Waals surface area contributed by atoms with Gasteiger partial charge in [-0.2, -0.15) is 74.6 Å². The number of hydrogen-bond donors (Lipinski definition) is 0. The second kappa shape index (κ2) is 9.89. The Balaban J connectivity index is 6.28. The van der Waals surface area contributed by atoms with Crippen molar-refractivity contribution in [2.45, 2.75) is 54.1 Å². The van der Waals surface area contributed by atoms with Gasteiger partial charge in [0.05, 0.1) is 0 Å². The normalized spacial score (nSPS) is 14.2. The molecule has 0 unspecified atom stereocenters. The molecule has 0 rings (SSSR count). The molecule has 0 saturated heterocycles. The van der Waals surface area contributed by atoms with E-state index in [1.165, 1.54) is 5.92 Å². The lowest BCUT2D eigenvalue weighted by Gasteiger charge is -2.42. The standard InChI is InChI=1S/C17H7F17O2/c1-2-9(35)36-8-6-4-3-5-7-10(18,19)11(20,21)12(22,23)13(24,25)14(26,27)15(28,29)16(30,31)17(32,33)34/h2H,1,6,8H2. The smallest absolute Gasteiger partial charge is 0.460 e. The van der Waals surface area contributed by atoms with Crippen LogP contribution < -0.4 is 0 Å². The molecule has 0 amide bonds. The summed E-state index contributed by atoms with van der Waals surface area (Å²) in [5.74, 6) is -54.9. The first-order valence-corrected chi connectivity index (χ1v) is 8.21. The third-order valence-corrected chi connectivity index (χ3v) is 3.73. The fourth-order valence-electron chi connectivity index (χ4n) is 1.72. The van der Waals surface area contributed by atoms with Crippen molar-refractivity contribution in [1.82, 2.24) is 0 Å². The van der Waals surface area contributed by atoms with Crippen molar-refractivity contribution in [3.05, 3.63) is 12.7 Å². The number of halogens is 17. The first kappa shape index (κ1) is 33.1. The molecule has 0 heterocycles. The predicted molar refractivity (Wildman–Crippen MR) is 82.0 cm³/mol. The van der Waals surface area contributed by atoms with Gasteiger partial charge in [-0.25, -0.2) is 4.79 Å². The third-order valence-electron chi connectivity index (χ3n) is 3.73. The Kier molecular flexibility index (Phi) is 9.10. The molecular formula is C17H7F17O2. The largest absolute Gasteiger partial charge is 0.462 e. The summed E-state index contributed by atoms with van der Waals surface area (Å²) in [6.45, 7) is 2.35. The molecule has 2 nitrogen and oxygen atoms in total. The molecule has 0 aliphatic carbocycles. The number of carbonyl (C=O) groups excluding carboxylic acids is 1. The summed E-state index contributed by atoms with van der Waals surface area (Å²) < 4.78 is 226. The van der Waals surface area contributed by atoms with Gasteiger partial charge in [-0.1, -0.05) is 12.5 Å². The lowest BCUT2D eigenvalue weighted by atomic mass is 9.89. The van der Waals surface area contributed by atoms with Crippen LogP contribution in [0.4, 0.5) is 74.6 Å². The average molecular weight is 566 g/mol. The van der Waals surface area contributed by atoms with Crippen molar-refractivity contribution in [3.63, 3.8) is 0 Å². The summed E-state index contributed by atoms with van der Waals surface area (Å²) >= 11 is 0. The van der Waals surface area contributed by atoms with E-state index in [4.69, 9.17) is 0 Å². The van der Waals surface area contributed by atoms with Crippen LogP contribution in [0.3, 0.4) is 0 Å². The molecule has 0 aromatic heterocycles. The van der Waals surface area contributed by atoms with E-state index >= 15 is 0 Å². The second-order valence-electron chi connectivity index (χ2n) is 6.19. The number of hydrogen-bond acceptors (Lipinski definition) is 2. The molecular weight excluding hydrogens is 559 g/mol. The molecule has 0 atom stereocenters. The van der Waals surface area contributed by atoms with Gasteiger partial charge >= 0.3 is 53.6 Å². The summed E-state index contributed by atoms with van der Waals surface area (Å²) in [7, 11) is 0. The van der Waals surface area contributed by atoms with Crippen LogP contribution in [0.15, 0.2) is 12.7 Å². The average Bonchev–Trinajstić information content (AvgIpc) is 2.70. The number of rotatable bonds is 9. The maximum Gasteiger partial charge on any atom is 0.460 e. The molecule has 0 spiro atoms. The van der Waals surface area contributed by atoms with Gasteiger partial charge in [0.1, 0.15) is 6.61 Å². The van der Waals surface area contributed by atoms with Gasteiger partial charge in [0, 0.05) is 12.5 Å². The fourth-order valence-corrected chi connectivity index (χ4v) is 1.72. The third kappa shape index (κ3) is 5.29. The Morgan fingerprint density at radius 1 is 0.639 bits per heavy atom. The summed E-state index contributed by atoms with van der Waals surface area (Å²) in [5, 5.41) is 0. The highest BCUT2D eigenvalue weighted by Gasteiger charge is 2.95. The van der Waals surface area contributed by atoms with Crippen molar-refractivity contribution >= 4 is 5.97 Å². The van der Waals surface area contributed by atoms with E-state index in [1.54, 1.807) is 5.92 Å². The van der Waals surface area contributed by atoms with Gasteiger partial charge in [0.2, 0.25) is 0 Å². The summed E-state index contributed by atoms with van der Waals surface area (Å²) in [6, 6.07) is 0. The van der Waals surface area contributed by atoms with Crippen LogP contribution in [0.1, 0.15) is 6.42 Å². The zero-order valence-corrected chi connectivity index (χ0v) is 16.4. The van der Waals surface area contributed by atoms with Gasteiger partial charge in [0.25, 0.3) is 0 Å². The zero-order valence-electron chi connectivity index (χ0n) is 16.4. The Morgan fingerprint density at radius 3 is 1.42 bits per heavy atom. The molecule has 0 aliphatic rings. The molecule has 36 heavy (non-hydrogen) atoms. The molecule has 0 bridgehead atoms. The quantitative estimate of drug-likeness (QED) is 0.111. The van der Waals surface area contributed by atoms with Gasteiger partial charge in [0.15, 0.2) is 0 Å².